The number of ether oxygens (including phenoxy) is 1. The van der Waals surface area contributed by atoms with Crippen LogP contribution in [0.15, 0.2) is 24.5 Å². The zero-order valence-electron chi connectivity index (χ0n) is 10.4. The third kappa shape index (κ3) is 2.45. The van der Waals surface area contributed by atoms with E-state index in [1.807, 2.05) is 6.07 Å². The fourth-order valence-electron chi connectivity index (χ4n) is 1.74. The number of anilines is 1. The highest BCUT2D eigenvalue weighted by atomic mass is 19.1. The largest absolute Gasteiger partial charge is 0.491 e. The van der Waals surface area contributed by atoms with Gasteiger partial charge in [0, 0.05) is 12.6 Å². The van der Waals surface area contributed by atoms with Gasteiger partial charge >= 0.3 is 0 Å². The van der Waals surface area contributed by atoms with Crippen molar-refractivity contribution in [3.05, 3.63) is 35.9 Å². The van der Waals surface area contributed by atoms with Crippen LogP contribution in [0.2, 0.25) is 0 Å². The highest BCUT2D eigenvalue weighted by Gasteiger charge is 2.14. The third-order valence-corrected chi connectivity index (χ3v) is 2.55. The number of methoxy groups -OCH3 is 1. The number of hydrogen-bond donors (Lipinski definition) is 1. The fourth-order valence-corrected chi connectivity index (χ4v) is 1.74. The lowest BCUT2D eigenvalue weighted by Crippen LogP contribution is -2.00. The van der Waals surface area contributed by atoms with E-state index >= 15 is 0 Å². The molecule has 96 valence electrons. The predicted molar refractivity (Wildman–Crippen MR) is 68.2 cm³/mol. The smallest absolute Gasteiger partial charge is 0.187 e. The lowest BCUT2D eigenvalue weighted by molar-refractivity contribution is 0.415. The van der Waals surface area contributed by atoms with Crippen LogP contribution in [0.4, 0.5) is 10.2 Å². The van der Waals surface area contributed by atoms with Gasteiger partial charge < -0.3 is 10.1 Å². The summed E-state index contributed by atoms with van der Waals surface area (Å²) in [5.41, 5.74) is 1.12. The van der Waals surface area contributed by atoms with E-state index in [1.54, 1.807) is 13.1 Å². The minimum Gasteiger partial charge on any atom is -0.491 e. The third-order valence-electron chi connectivity index (χ3n) is 2.55. The molecule has 0 fully saturated rings. The van der Waals surface area contributed by atoms with Gasteiger partial charge in [-0.2, -0.15) is 5.26 Å². The summed E-state index contributed by atoms with van der Waals surface area (Å²) in [6.45, 7) is 0. The molecule has 5 nitrogen and oxygen atoms in total. The number of rotatable bonds is 3. The van der Waals surface area contributed by atoms with Crippen molar-refractivity contribution in [2.45, 2.75) is 0 Å². The van der Waals surface area contributed by atoms with Crippen LogP contribution in [0.3, 0.4) is 0 Å². The first-order valence-corrected chi connectivity index (χ1v) is 5.47. The van der Waals surface area contributed by atoms with E-state index in [1.165, 1.54) is 19.5 Å². The molecule has 0 aliphatic carbocycles. The maximum absolute atomic E-state index is 13.5. The molecular formula is C13H11FN4O. The standard InChI is InChI=1S/C13H11FN4O/c1-16-13-12(19-2)11(17-7-18-13)9-3-8(6-15)4-10(14)5-9/h3-5,7H,1-2H3,(H,16,17,18). The molecule has 1 heterocycles. The molecule has 0 saturated carbocycles. The van der Waals surface area contributed by atoms with Gasteiger partial charge in [-0.25, -0.2) is 14.4 Å². The van der Waals surface area contributed by atoms with Gasteiger partial charge in [0.25, 0.3) is 0 Å². The molecule has 0 saturated heterocycles. The normalized spacial score (nSPS) is 9.79. The van der Waals surface area contributed by atoms with Gasteiger partial charge in [0.15, 0.2) is 11.6 Å². The van der Waals surface area contributed by atoms with Crippen molar-refractivity contribution >= 4 is 5.82 Å². The van der Waals surface area contributed by atoms with Crippen molar-refractivity contribution in [1.29, 1.82) is 5.26 Å². The van der Waals surface area contributed by atoms with Gasteiger partial charge in [0.1, 0.15) is 17.8 Å². The topological polar surface area (TPSA) is 70.8 Å². The summed E-state index contributed by atoms with van der Waals surface area (Å²) in [6, 6.07) is 5.91. The number of benzene rings is 1. The Morgan fingerprint density at radius 1 is 1.32 bits per heavy atom. The first kappa shape index (κ1) is 12.8. The van der Waals surface area contributed by atoms with Crippen LogP contribution >= 0.6 is 0 Å². The average Bonchev–Trinajstić information content (AvgIpc) is 2.45. The van der Waals surface area contributed by atoms with Gasteiger partial charge in [-0.3, -0.25) is 0 Å². The Kier molecular flexibility index (Phi) is 3.57. The van der Waals surface area contributed by atoms with Gasteiger partial charge in [0.05, 0.1) is 18.7 Å². The molecule has 0 radical (unpaired) electrons. The van der Waals surface area contributed by atoms with Crippen LogP contribution in [0.1, 0.15) is 5.56 Å². The molecular weight excluding hydrogens is 247 g/mol. The number of nitrogens with one attached hydrogen (secondary N) is 1. The molecule has 0 atom stereocenters. The van der Waals surface area contributed by atoms with E-state index < -0.39 is 5.82 Å². The molecule has 0 unspecified atom stereocenters. The first-order valence-electron chi connectivity index (χ1n) is 5.47. The molecule has 0 aliphatic rings. The summed E-state index contributed by atoms with van der Waals surface area (Å²) in [5, 5.41) is 11.7. The summed E-state index contributed by atoms with van der Waals surface area (Å²) >= 11 is 0. The number of aromatic nitrogens is 2. The molecule has 19 heavy (non-hydrogen) atoms. The monoisotopic (exact) mass is 258 g/mol. The Morgan fingerprint density at radius 3 is 2.74 bits per heavy atom. The minimum absolute atomic E-state index is 0.224. The van der Waals surface area contributed by atoms with Gasteiger partial charge in [0.2, 0.25) is 0 Å². The summed E-state index contributed by atoms with van der Waals surface area (Å²) in [4.78, 5) is 8.11. The summed E-state index contributed by atoms with van der Waals surface area (Å²) in [6.07, 6.45) is 1.35. The highest BCUT2D eigenvalue weighted by molar-refractivity contribution is 5.73. The number of nitriles is 1. The number of halogens is 1. The summed E-state index contributed by atoms with van der Waals surface area (Å²) in [7, 11) is 3.18. The molecule has 0 amide bonds. The van der Waals surface area contributed by atoms with Crippen LogP contribution < -0.4 is 10.1 Å². The molecule has 1 N–H and O–H groups in total. The highest BCUT2D eigenvalue weighted by Crippen LogP contribution is 2.33. The van der Waals surface area contributed by atoms with Crippen molar-refractivity contribution < 1.29 is 9.13 Å². The van der Waals surface area contributed by atoms with Crippen LogP contribution in [0, 0.1) is 17.1 Å². The Hall–Kier alpha value is -2.68. The van der Waals surface area contributed by atoms with E-state index in [9.17, 15) is 4.39 Å². The molecule has 2 aromatic rings. The zero-order chi connectivity index (χ0) is 13.8. The van der Waals surface area contributed by atoms with E-state index in [0.717, 1.165) is 6.07 Å². The molecule has 2 rings (SSSR count). The van der Waals surface area contributed by atoms with E-state index in [2.05, 4.69) is 15.3 Å². The maximum atomic E-state index is 13.5. The van der Waals surface area contributed by atoms with Gasteiger partial charge in [-0.15, -0.1) is 0 Å². The Bertz CT molecular complexity index is 652. The summed E-state index contributed by atoms with van der Waals surface area (Å²) in [5.74, 6) is 0.399. The SMILES string of the molecule is CNc1ncnc(-c2cc(F)cc(C#N)c2)c1OC. The van der Waals surface area contributed by atoms with Gasteiger partial charge in [-0.1, -0.05) is 0 Å². The first-order chi connectivity index (χ1) is 9.19. The molecule has 1 aromatic heterocycles. The second-order valence-corrected chi connectivity index (χ2v) is 3.69. The average molecular weight is 258 g/mol. The number of hydrogen-bond acceptors (Lipinski definition) is 5. The lowest BCUT2D eigenvalue weighted by Gasteiger charge is -2.11. The molecule has 1 aromatic carbocycles. The second-order valence-electron chi connectivity index (χ2n) is 3.69. The van der Waals surface area contributed by atoms with Crippen molar-refractivity contribution in [1.82, 2.24) is 9.97 Å². The molecule has 6 heteroatoms. The van der Waals surface area contributed by atoms with Gasteiger partial charge in [-0.05, 0) is 18.2 Å². The Balaban J connectivity index is 2.65. The molecule has 0 spiro atoms. The van der Waals surface area contributed by atoms with Crippen molar-refractivity contribution in [3.63, 3.8) is 0 Å². The fraction of sp³-hybridized carbons (Fsp3) is 0.154. The van der Waals surface area contributed by atoms with E-state index in [4.69, 9.17) is 10.00 Å². The number of nitrogens with zero attached hydrogens (tertiary/aromatic N) is 3. The van der Waals surface area contributed by atoms with Crippen molar-refractivity contribution in [2.75, 3.05) is 19.5 Å². The zero-order valence-corrected chi connectivity index (χ0v) is 10.4. The van der Waals surface area contributed by atoms with E-state index in [-0.39, 0.29) is 5.56 Å². The lowest BCUT2D eigenvalue weighted by atomic mass is 10.1. The van der Waals surface area contributed by atoms with Crippen LogP contribution in [-0.4, -0.2) is 24.1 Å². The molecule has 0 bridgehead atoms. The maximum Gasteiger partial charge on any atom is 0.187 e. The van der Waals surface area contributed by atoms with Crippen LogP contribution in [0.5, 0.6) is 5.75 Å². The Labute approximate surface area is 109 Å². The second kappa shape index (κ2) is 5.31. The van der Waals surface area contributed by atoms with Crippen molar-refractivity contribution in [2.24, 2.45) is 0 Å². The molecule has 0 aliphatic heterocycles. The summed E-state index contributed by atoms with van der Waals surface area (Å²) < 4.78 is 18.7. The van der Waals surface area contributed by atoms with Crippen molar-refractivity contribution in [3.8, 4) is 23.1 Å². The van der Waals surface area contributed by atoms with Crippen LogP contribution in [-0.2, 0) is 0 Å². The minimum atomic E-state index is -0.499. The Morgan fingerprint density at radius 2 is 2.11 bits per heavy atom. The van der Waals surface area contributed by atoms with Crippen LogP contribution in [0.25, 0.3) is 11.3 Å². The predicted octanol–water partition coefficient (Wildman–Crippen LogP) is 2.20. The van der Waals surface area contributed by atoms with E-state index in [0.29, 0.717) is 22.8 Å². The quantitative estimate of drug-likeness (QED) is 0.913.